The standard InChI is InChI=1S/C27H25NO4/c1-16-9-5-7-11-20(16)24-23(25(29)21-14-13-19(32-4)15-18(21)3)26(30)27(31)28(24)22-12-8-6-10-17(22)2/h5-15,24,29H,1-4H3/b25-23+. The van der Waals surface area contributed by atoms with Crippen molar-refractivity contribution in [2.24, 2.45) is 0 Å². The molecule has 1 atom stereocenters. The number of nitrogens with zero attached hydrogens (tertiary/aromatic N) is 1. The number of hydrogen-bond acceptors (Lipinski definition) is 4. The van der Waals surface area contributed by atoms with E-state index in [1.165, 1.54) is 4.90 Å². The van der Waals surface area contributed by atoms with Crippen molar-refractivity contribution in [1.82, 2.24) is 0 Å². The van der Waals surface area contributed by atoms with Gasteiger partial charge in [-0.15, -0.1) is 0 Å². The molecule has 1 N–H and O–H groups in total. The molecule has 1 aliphatic rings. The summed E-state index contributed by atoms with van der Waals surface area (Å²) in [6, 6.07) is 19.5. The van der Waals surface area contributed by atoms with Gasteiger partial charge in [-0.05, 0) is 67.3 Å². The van der Waals surface area contributed by atoms with Crippen molar-refractivity contribution >= 4 is 23.1 Å². The third kappa shape index (κ3) is 3.46. The number of methoxy groups -OCH3 is 1. The normalized spacial score (nSPS) is 17.6. The van der Waals surface area contributed by atoms with E-state index in [1.807, 2.05) is 69.3 Å². The Morgan fingerprint density at radius 3 is 2.16 bits per heavy atom. The molecule has 1 heterocycles. The van der Waals surface area contributed by atoms with Crippen LogP contribution in [0, 0.1) is 20.8 Å². The Balaban J connectivity index is 2.00. The van der Waals surface area contributed by atoms with Crippen LogP contribution in [0.15, 0.2) is 72.3 Å². The lowest BCUT2D eigenvalue weighted by Gasteiger charge is -2.28. The largest absolute Gasteiger partial charge is 0.507 e. The van der Waals surface area contributed by atoms with Crippen LogP contribution >= 0.6 is 0 Å². The summed E-state index contributed by atoms with van der Waals surface area (Å²) < 4.78 is 5.26. The topological polar surface area (TPSA) is 66.8 Å². The first-order chi connectivity index (χ1) is 15.3. The summed E-state index contributed by atoms with van der Waals surface area (Å²) in [5.41, 5.74) is 4.56. The van der Waals surface area contributed by atoms with Crippen LogP contribution in [0.5, 0.6) is 5.75 Å². The highest BCUT2D eigenvalue weighted by atomic mass is 16.5. The Hall–Kier alpha value is -3.86. The molecule has 3 aromatic carbocycles. The second-order valence-corrected chi connectivity index (χ2v) is 7.99. The van der Waals surface area contributed by atoms with Crippen molar-refractivity contribution in [2.75, 3.05) is 12.0 Å². The number of Topliss-reactive ketones (excluding diaryl/α,β-unsaturated/α-hetero) is 1. The highest BCUT2D eigenvalue weighted by Crippen LogP contribution is 2.44. The van der Waals surface area contributed by atoms with Crippen LogP contribution in [-0.4, -0.2) is 23.9 Å². The van der Waals surface area contributed by atoms with Gasteiger partial charge in [-0.2, -0.15) is 0 Å². The number of aryl methyl sites for hydroxylation is 3. The van der Waals surface area contributed by atoms with Crippen molar-refractivity contribution < 1.29 is 19.4 Å². The highest BCUT2D eigenvalue weighted by Gasteiger charge is 2.47. The van der Waals surface area contributed by atoms with Crippen LogP contribution in [0.25, 0.3) is 5.76 Å². The van der Waals surface area contributed by atoms with Gasteiger partial charge in [-0.3, -0.25) is 14.5 Å². The zero-order valence-electron chi connectivity index (χ0n) is 18.5. The Labute approximate surface area is 187 Å². The van der Waals surface area contributed by atoms with Crippen LogP contribution in [0.4, 0.5) is 5.69 Å². The molecule has 0 bridgehead atoms. The van der Waals surface area contributed by atoms with Crippen molar-refractivity contribution in [3.05, 3.63) is 100 Å². The lowest BCUT2D eigenvalue weighted by atomic mass is 9.91. The van der Waals surface area contributed by atoms with E-state index in [1.54, 1.807) is 25.3 Å². The maximum Gasteiger partial charge on any atom is 0.300 e. The Morgan fingerprint density at radius 2 is 1.53 bits per heavy atom. The molecule has 1 saturated heterocycles. The number of benzene rings is 3. The maximum atomic E-state index is 13.3. The van der Waals surface area contributed by atoms with E-state index in [0.717, 1.165) is 22.3 Å². The molecule has 3 aromatic rings. The van der Waals surface area contributed by atoms with E-state index in [-0.39, 0.29) is 11.3 Å². The smallest absolute Gasteiger partial charge is 0.300 e. The van der Waals surface area contributed by atoms with Crippen LogP contribution in [0.2, 0.25) is 0 Å². The minimum atomic E-state index is -0.737. The van der Waals surface area contributed by atoms with E-state index >= 15 is 0 Å². The number of ketones is 1. The van der Waals surface area contributed by atoms with Crippen molar-refractivity contribution in [1.29, 1.82) is 0 Å². The van der Waals surface area contributed by atoms with Gasteiger partial charge in [-0.25, -0.2) is 0 Å². The molecule has 32 heavy (non-hydrogen) atoms. The zero-order valence-corrected chi connectivity index (χ0v) is 18.5. The number of anilines is 1. The van der Waals surface area contributed by atoms with E-state index in [0.29, 0.717) is 17.0 Å². The molecular weight excluding hydrogens is 402 g/mol. The molecule has 1 fully saturated rings. The van der Waals surface area contributed by atoms with E-state index < -0.39 is 17.7 Å². The minimum Gasteiger partial charge on any atom is -0.507 e. The summed E-state index contributed by atoms with van der Waals surface area (Å²) in [7, 11) is 1.57. The second-order valence-electron chi connectivity index (χ2n) is 7.99. The second kappa shape index (κ2) is 8.35. The van der Waals surface area contributed by atoms with Gasteiger partial charge in [0.15, 0.2) is 0 Å². The molecule has 1 amide bonds. The summed E-state index contributed by atoms with van der Waals surface area (Å²) in [6.45, 7) is 5.67. The molecule has 1 unspecified atom stereocenters. The van der Waals surface area contributed by atoms with Gasteiger partial charge in [0.1, 0.15) is 11.5 Å². The Morgan fingerprint density at radius 1 is 0.875 bits per heavy atom. The first-order valence-corrected chi connectivity index (χ1v) is 10.4. The van der Waals surface area contributed by atoms with Gasteiger partial charge in [0.05, 0.1) is 18.7 Å². The highest BCUT2D eigenvalue weighted by molar-refractivity contribution is 6.51. The third-order valence-corrected chi connectivity index (χ3v) is 5.99. The number of carbonyl (C=O) groups is 2. The number of ether oxygens (including phenoxy) is 1. The molecule has 0 spiro atoms. The maximum absolute atomic E-state index is 13.3. The van der Waals surface area contributed by atoms with Crippen LogP contribution in [0.1, 0.15) is 33.9 Å². The molecular formula is C27H25NO4. The predicted octanol–water partition coefficient (Wildman–Crippen LogP) is 5.25. The molecule has 1 aliphatic heterocycles. The number of para-hydroxylation sites is 1. The molecule has 0 saturated carbocycles. The number of amides is 1. The van der Waals surface area contributed by atoms with Crippen LogP contribution in [0.3, 0.4) is 0 Å². The van der Waals surface area contributed by atoms with Gasteiger partial charge in [0, 0.05) is 11.3 Å². The molecule has 0 aliphatic carbocycles. The SMILES string of the molecule is COc1ccc(/C(O)=C2\C(=O)C(=O)N(c3ccccc3C)C2c2ccccc2C)c(C)c1. The predicted molar refractivity (Wildman–Crippen MR) is 125 cm³/mol. The van der Waals surface area contributed by atoms with E-state index in [4.69, 9.17) is 4.74 Å². The van der Waals surface area contributed by atoms with Crippen molar-refractivity contribution in [3.8, 4) is 5.75 Å². The number of carbonyl (C=O) groups excluding carboxylic acids is 2. The number of aliphatic hydroxyl groups is 1. The summed E-state index contributed by atoms with van der Waals surface area (Å²) in [5, 5.41) is 11.3. The summed E-state index contributed by atoms with van der Waals surface area (Å²) in [6.07, 6.45) is 0. The quantitative estimate of drug-likeness (QED) is 0.351. The van der Waals surface area contributed by atoms with Gasteiger partial charge in [0.25, 0.3) is 11.7 Å². The molecule has 5 heteroatoms. The zero-order chi connectivity index (χ0) is 23.0. The fourth-order valence-electron chi connectivity index (χ4n) is 4.28. The van der Waals surface area contributed by atoms with Gasteiger partial charge in [0.2, 0.25) is 0 Å². The third-order valence-electron chi connectivity index (χ3n) is 5.99. The number of rotatable bonds is 4. The lowest BCUT2D eigenvalue weighted by Crippen LogP contribution is -2.30. The first-order valence-electron chi connectivity index (χ1n) is 10.4. The number of aliphatic hydroxyl groups excluding tert-OH is 1. The van der Waals surface area contributed by atoms with Crippen LogP contribution in [-0.2, 0) is 9.59 Å². The molecule has 0 aromatic heterocycles. The molecule has 4 rings (SSSR count). The summed E-state index contributed by atoms with van der Waals surface area (Å²) in [4.78, 5) is 28.1. The van der Waals surface area contributed by atoms with Gasteiger partial charge >= 0.3 is 0 Å². The summed E-state index contributed by atoms with van der Waals surface area (Å²) in [5.74, 6) is -0.891. The average Bonchev–Trinajstić information content (AvgIpc) is 3.04. The van der Waals surface area contributed by atoms with Crippen LogP contribution < -0.4 is 9.64 Å². The average molecular weight is 428 g/mol. The van der Waals surface area contributed by atoms with E-state index in [9.17, 15) is 14.7 Å². The van der Waals surface area contributed by atoms with E-state index in [2.05, 4.69) is 0 Å². The first kappa shape index (κ1) is 21.4. The number of hydrogen-bond donors (Lipinski definition) is 1. The Kier molecular flexibility index (Phi) is 5.57. The van der Waals surface area contributed by atoms with Gasteiger partial charge < -0.3 is 9.84 Å². The fraction of sp³-hybridized carbons (Fsp3) is 0.185. The lowest BCUT2D eigenvalue weighted by molar-refractivity contribution is -0.132. The fourth-order valence-corrected chi connectivity index (χ4v) is 4.28. The molecule has 5 nitrogen and oxygen atoms in total. The summed E-state index contributed by atoms with van der Waals surface area (Å²) >= 11 is 0. The molecule has 162 valence electrons. The Bertz CT molecular complexity index is 1260. The van der Waals surface area contributed by atoms with Crippen molar-refractivity contribution in [2.45, 2.75) is 26.8 Å². The minimum absolute atomic E-state index is 0.0841. The van der Waals surface area contributed by atoms with Crippen molar-refractivity contribution in [3.63, 3.8) is 0 Å². The monoisotopic (exact) mass is 427 g/mol. The molecule has 0 radical (unpaired) electrons. The van der Waals surface area contributed by atoms with Gasteiger partial charge in [-0.1, -0.05) is 42.5 Å².